The van der Waals surface area contributed by atoms with E-state index >= 15 is 0 Å². The first-order chi connectivity index (χ1) is 8.54. The summed E-state index contributed by atoms with van der Waals surface area (Å²) in [4.78, 5) is 22.6. The summed E-state index contributed by atoms with van der Waals surface area (Å²) < 4.78 is 0. The first kappa shape index (κ1) is 13.6. The second-order valence-electron chi connectivity index (χ2n) is 3.68. The van der Waals surface area contributed by atoms with Crippen LogP contribution in [0.15, 0.2) is 30.3 Å². The third-order valence-corrected chi connectivity index (χ3v) is 2.32. The molecule has 0 saturated heterocycles. The van der Waals surface area contributed by atoms with Crippen molar-refractivity contribution in [3.63, 3.8) is 0 Å². The Morgan fingerprint density at radius 1 is 1.33 bits per heavy atom. The molecule has 0 aliphatic carbocycles. The van der Waals surface area contributed by atoms with E-state index in [9.17, 15) is 9.59 Å². The van der Waals surface area contributed by atoms with Crippen molar-refractivity contribution in [3.8, 4) is 0 Å². The molecule has 0 bridgehead atoms. The molecule has 0 unspecified atom stereocenters. The van der Waals surface area contributed by atoms with Gasteiger partial charge in [0.1, 0.15) is 11.8 Å². The smallest absolute Gasteiger partial charge is 0.271 e. The molecule has 0 spiro atoms. The lowest BCUT2D eigenvalue weighted by Crippen LogP contribution is -2.48. The molecule has 1 atom stereocenters. The van der Waals surface area contributed by atoms with Crippen molar-refractivity contribution in [1.82, 2.24) is 5.32 Å². The number of hydrogen-bond donors (Lipinski definition) is 4. The van der Waals surface area contributed by atoms with E-state index in [1.807, 2.05) is 30.3 Å². The van der Waals surface area contributed by atoms with Gasteiger partial charge in [-0.15, -0.1) is 0 Å². The summed E-state index contributed by atoms with van der Waals surface area (Å²) in [6.45, 7) is 0. The van der Waals surface area contributed by atoms with E-state index < -0.39 is 23.6 Å². The first-order valence-electron chi connectivity index (χ1n) is 5.27. The highest BCUT2D eigenvalue weighted by Gasteiger charge is 2.19. The number of carbonyl (C=O) groups is 2. The Balaban J connectivity index is 2.73. The lowest BCUT2D eigenvalue weighted by atomic mass is 10.1. The van der Waals surface area contributed by atoms with Gasteiger partial charge in [-0.05, 0) is 5.56 Å². The zero-order valence-electron chi connectivity index (χ0n) is 9.64. The highest BCUT2D eigenvalue weighted by Crippen LogP contribution is 2.03. The predicted molar refractivity (Wildman–Crippen MR) is 67.8 cm³/mol. The zero-order chi connectivity index (χ0) is 13.5. The number of hydrogen-bond acceptors (Lipinski definition) is 4. The summed E-state index contributed by atoms with van der Waals surface area (Å²) in [7, 11) is 0. The van der Waals surface area contributed by atoms with Gasteiger partial charge in [0.25, 0.3) is 5.91 Å². The van der Waals surface area contributed by atoms with Crippen LogP contribution in [0.4, 0.5) is 0 Å². The van der Waals surface area contributed by atoms with Crippen LogP contribution in [0.2, 0.25) is 0 Å². The summed E-state index contributed by atoms with van der Waals surface area (Å²) in [5.74, 6) is -1.46. The molecule has 1 aromatic rings. The van der Waals surface area contributed by atoms with Gasteiger partial charge in [-0.1, -0.05) is 30.3 Å². The fourth-order valence-electron chi connectivity index (χ4n) is 1.37. The number of rotatable bonds is 6. The molecule has 0 aromatic heterocycles. The predicted octanol–water partition coefficient (Wildman–Crippen LogP) is -0.131. The quantitative estimate of drug-likeness (QED) is 0.523. The van der Waals surface area contributed by atoms with Crippen molar-refractivity contribution in [3.05, 3.63) is 35.9 Å². The third-order valence-electron chi connectivity index (χ3n) is 2.32. The molecular weight excluding hydrogens is 232 g/mol. The van der Waals surface area contributed by atoms with Crippen molar-refractivity contribution < 1.29 is 9.59 Å². The number of primary amides is 1. The topological polar surface area (TPSA) is 120 Å². The van der Waals surface area contributed by atoms with Crippen molar-refractivity contribution >= 4 is 23.7 Å². The lowest BCUT2D eigenvalue weighted by molar-refractivity contribution is -0.124. The molecule has 1 rings (SSSR count). The highest BCUT2D eigenvalue weighted by molar-refractivity contribution is 6.59. The Kier molecular flexibility index (Phi) is 4.74. The normalized spacial score (nSPS) is 11.3. The molecule has 18 heavy (non-hydrogen) atoms. The lowest BCUT2D eigenvalue weighted by Gasteiger charge is -2.14. The van der Waals surface area contributed by atoms with Gasteiger partial charge in [0.05, 0.1) is 0 Å². The zero-order valence-corrected chi connectivity index (χ0v) is 9.64. The van der Waals surface area contributed by atoms with Crippen molar-refractivity contribution in [2.75, 3.05) is 0 Å². The van der Waals surface area contributed by atoms with Gasteiger partial charge in [0, 0.05) is 12.6 Å². The minimum atomic E-state index is -0.889. The fourth-order valence-corrected chi connectivity index (χ4v) is 1.37. The standard InChI is InChI=1S/C12H14N4O2/c13-7-9(14)12(18)16-10(11(15)17)6-8-4-2-1-3-5-8/h1-5,7,10,13-14H,6H2,(H2,15,17)(H,16,18)/t10-/m0/s1. The fraction of sp³-hybridized carbons (Fsp3) is 0.167. The van der Waals surface area contributed by atoms with E-state index in [0.29, 0.717) is 6.21 Å². The molecule has 0 saturated carbocycles. The monoisotopic (exact) mass is 246 g/mol. The molecule has 0 aliphatic heterocycles. The van der Waals surface area contributed by atoms with Crippen LogP contribution in [0, 0.1) is 10.8 Å². The molecule has 2 amide bonds. The van der Waals surface area contributed by atoms with Gasteiger partial charge in [0.15, 0.2) is 0 Å². The van der Waals surface area contributed by atoms with E-state index in [4.69, 9.17) is 16.6 Å². The van der Waals surface area contributed by atoms with Gasteiger partial charge in [-0.25, -0.2) is 0 Å². The molecule has 94 valence electrons. The summed E-state index contributed by atoms with van der Waals surface area (Å²) in [5, 5.41) is 16.3. The molecule has 0 heterocycles. The van der Waals surface area contributed by atoms with E-state index in [1.165, 1.54) is 0 Å². The Hall–Kier alpha value is -2.50. The Bertz CT molecular complexity index is 470. The van der Waals surface area contributed by atoms with Crippen LogP contribution in [0.5, 0.6) is 0 Å². The third kappa shape index (κ3) is 3.82. The van der Waals surface area contributed by atoms with Crippen LogP contribution >= 0.6 is 0 Å². The molecule has 0 radical (unpaired) electrons. The number of nitrogens with two attached hydrogens (primary N) is 1. The van der Waals surface area contributed by atoms with Crippen LogP contribution in [-0.2, 0) is 16.0 Å². The summed E-state index contributed by atoms with van der Waals surface area (Å²) in [5.41, 5.74) is 5.52. The maximum Gasteiger partial charge on any atom is 0.271 e. The van der Waals surface area contributed by atoms with Crippen LogP contribution < -0.4 is 11.1 Å². The summed E-state index contributed by atoms with van der Waals surface area (Å²) in [6.07, 6.45) is 0.864. The van der Waals surface area contributed by atoms with E-state index in [2.05, 4.69) is 5.32 Å². The number of nitrogens with one attached hydrogen (secondary N) is 3. The van der Waals surface area contributed by atoms with Crippen molar-refractivity contribution in [2.45, 2.75) is 12.5 Å². The number of benzene rings is 1. The minimum Gasteiger partial charge on any atom is -0.368 e. The van der Waals surface area contributed by atoms with E-state index in [0.717, 1.165) is 5.56 Å². The van der Waals surface area contributed by atoms with Gasteiger partial charge in [0.2, 0.25) is 5.91 Å². The van der Waals surface area contributed by atoms with Gasteiger partial charge >= 0.3 is 0 Å². The number of carbonyl (C=O) groups excluding carboxylic acids is 2. The number of amides is 2. The van der Waals surface area contributed by atoms with Crippen molar-refractivity contribution in [2.24, 2.45) is 5.73 Å². The highest BCUT2D eigenvalue weighted by atomic mass is 16.2. The van der Waals surface area contributed by atoms with Crippen LogP contribution in [0.3, 0.4) is 0 Å². The molecule has 5 N–H and O–H groups in total. The Labute approximate surface area is 104 Å². The Morgan fingerprint density at radius 2 is 1.94 bits per heavy atom. The average molecular weight is 246 g/mol. The SMILES string of the molecule is N=CC(=N)C(=O)N[C@@H](Cc1ccccc1)C(N)=O. The summed E-state index contributed by atoms with van der Waals surface area (Å²) >= 11 is 0. The second kappa shape index (κ2) is 6.29. The first-order valence-corrected chi connectivity index (χ1v) is 5.27. The summed E-state index contributed by atoms with van der Waals surface area (Å²) in [6, 6.07) is 8.20. The van der Waals surface area contributed by atoms with Crippen LogP contribution in [-0.4, -0.2) is 29.8 Å². The van der Waals surface area contributed by atoms with Gasteiger partial charge in [-0.3, -0.25) is 15.0 Å². The molecule has 6 heteroatoms. The molecule has 0 fully saturated rings. The van der Waals surface area contributed by atoms with Gasteiger partial charge < -0.3 is 16.5 Å². The second-order valence-corrected chi connectivity index (χ2v) is 3.68. The van der Waals surface area contributed by atoms with Crippen molar-refractivity contribution in [1.29, 1.82) is 10.8 Å². The van der Waals surface area contributed by atoms with Crippen LogP contribution in [0.25, 0.3) is 0 Å². The molecule has 0 aliphatic rings. The molecule has 1 aromatic carbocycles. The van der Waals surface area contributed by atoms with E-state index in [-0.39, 0.29) is 6.42 Å². The average Bonchev–Trinajstić information content (AvgIpc) is 2.37. The van der Waals surface area contributed by atoms with Crippen LogP contribution in [0.1, 0.15) is 5.56 Å². The largest absolute Gasteiger partial charge is 0.368 e. The van der Waals surface area contributed by atoms with E-state index in [1.54, 1.807) is 0 Å². The maximum atomic E-state index is 11.4. The molecule has 6 nitrogen and oxygen atoms in total. The Morgan fingerprint density at radius 3 is 2.44 bits per heavy atom. The molecular formula is C12H14N4O2. The minimum absolute atomic E-state index is 0.257. The maximum absolute atomic E-state index is 11.4. The van der Waals surface area contributed by atoms with Gasteiger partial charge in [-0.2, -0.15) is 0 Å².